The first-order valence-electron chi connectivity index (χ1n) is 3.89. The van der Waals surface area contributed by atoms with Crippen molar-refractivity contribution in [3.8, 4) is 12.3 Å². The summed E-state index contributed by atoms with van der Waals surface area (Å²) in [5.41, 5.74) is 1.23. The highest BCUT2D eigenvalue weighted by molar-refractivity contribution is 5.88. The van der Waals surface area contributed by atoms with Crippen LogP contribution in [0, 0.1) is 12.3 Å². The van der Waals surface area contributed by atoms with E-state index in [9.17, 15) is 4.79 Å². The van der Waals surface area contributed by atoms with E-state index in [0.717, 1.165) is 0 Å². The maximum atomic E-state index is 10.6. The molecule has 0 radical (unpaired) electrons. The van der Waals surface area contributed by atoms with Crippen molar-refractivity contribution in [2.24, 2.45) is 0 Å². The molecule has 2 rings (SSSR count). The topological polar surface area (TPSA) is 54.6 Å². The molecule has 0 spiro atoms. The SMILES string of the molecule is C#Cc1cn2ccc(C(=O)O)cc2n1. The smallest absolute Gasteiger partial charge is 0.335 e. The molecule has 2 heterocycles. The molecule has 4 heteroatoms. The first-order valence-corrected chi connectivity index (χ1v) is 3.89. The average Bonchev–Trinajstić information content (AvgIpc) is 2.58. The number of aromatic nitrogens is 2. The molecule has 0 fully saturated rings. The van der Waals surface area contributed by atoms with E-state index in [2.05, 4.69) is 10.9 Å². The van der Waals surface area contributed by atoms with Crippen molar-refractivity contribution in [3.63, 3.8) is 0 Å². The van der Waals surface area contributed by atoms with E-state index >= 15 is 0 Å². The van der Waals surface area contributed by atoms with Crippen LogP contribution >= 0.6 is 0 Å². The fourth-order valence-corrected chi connectivity index (χ4v) is 1.18. The molecular formula is C10H6N2O2. The molecule has 2 aromatic heterocycles. The third-order valence-corrected chi connectivity index (χ3v) is 1.86. The van der Waals surface area contributed by atoms with Gasteiger partial charge in [0.15, 0.2) is 0 Å². The van der Waals surface area contributed by atoms with Crippen LogP contribution in [0.4, 0.5) is 0 Å². The molecule has 0 aliphatic carbocycles. The van der Waals surface area contributed by atoms with Gasteiger partial charge in [-0.15, -0.1) is 6.42 Å². The molecule has 2 aromatic rings. The van der Waals surface area contributed by atoms with Crippen molar-refractivity contribution >= 4 is 11.6 Å². The summed E-state index contributed by atoms with van der Waals surface area (Å²) in [5.74, 6) is 1.41. The quantitative estimate of drug-likeness (QED) is 0.676. The number of carbonyl (C=O) groups is 1. The minimum absolute atomic E-state index is 0.201. The number of aromatic carboxylic acids is 1. The highest BCUT2D eigenvalue weighted by Gasteiger charge is 2.05. The third kappa shape index (κ3) is 1.21. The Labute approximate surface area is 79.8 Å². The first kappa shape index (κ1) is 8.32. The molecule has 0 bridgehead atoms. The van der Waals surface area contributed by atoms with E-state index < -0.39 is 5.97 Å². The van der Waals surface area contributed by atoms with Gasteiger partial charge in [0.05, 0.1) is 5.56 Å². The molecule has 0 saturated heterocycles. The lowest BCUT2D eigenvalue weighted by atomic mass is 10.3. The third-order valence-electron chi connectivity index (χ3n) is 1.86. The van der Waals surface area contributed by atoms with E-state index in [0.29, 0.717) is 11.3 Å². The van der Waals surface area contributed by atoms with Gasteiger partial charge in [-0.1, -0.05) is 0 Å². The largest absolute Gasteiger partial charge is 0.478 e. The van der Waals surface area contributed by atoms with Gasteiger partial charge in [0.25, 0.3) is 0 Å². The van der Waals surface area contributed by atoms with Crippen LogP contribution in [0.2, 0.25) is 0 Å². The van der Waals surface area contributed by atoms with Crippen molar-refractivity contribution in [1.29, 1.82) is 0 Å². The Kier molecular flexibility index (Phi) is 1.72. The maximum absolute atomic E-state index is 10.6. The summed E-state index contributed by atoms with van der Waals surface area (Å²) in [6.45, 7) is 0. The summed E-state index contributed by atoms with van der Waals surface area (Å²) in [4.78, 5) is 14.7. The molecule has 0 amide bonds. The molecule has 4 nitrogen and oxygen atoms in total. The number of hydrogen-bond donors (Lipinski definition) is 1. The predicted molar refractivity (Wildman–Crippen MR) is 50.1 cm³/mol. The zero-order valence-corrected chi connectivity index (χ0v) is 7.14. The van der Waals surface area contributed by atoms with Crippen molar-refractivity contribution in [1.82, 2.24) is 9.38 Å². The van der Waals surface area contributed by atoms with Gasteiger partial charge < -0.3 is 9.51 Å². The van der Waals surface area contributed by atoms with E-state index in [1.54, 1.807) is 16.8 Å². The summed E-state index contributed by atoms with van der Waals surface area (Å²) in [6.07, 6.45) is 8.45. The van der Waals surface area contributed by atoms with Crippen molar-refractivity contribution in [2.45, 2.75) is 0 Å². The molecule has 0 saturated carbocycles. The lowest BCUT2D eigenvalue weighted by Crippen LogP contribution is -1.96. The Bertz CT molecular complexity index is 549. The van der Waals surface area contributed by atoms with E-state index in [4.69, 9.17) is 11.5 Å². The zero-order chi connectivity index (χ0) is 10.1. The molecule has 0 aliphatic heterocycles. The van der Waals surface area contributed by atoms with Crippen molar-refractivity contribution in [2.75, 3.05) is 0 Å². The molecule has 0 atom stereocenters. The summed E-state index contributed by atoms with van der Waals surface area (Å²) in [5, 5.41) is 8.73. The second-order valence-electron chi connectivity index (χ2n) is 2.76. The molecule has 1 N–H and O–H groups in total. The zero-order valence-electron chi connectivity index (χ0n) is 7.14. The van der Waals surface area contributed by atoms with Crippen LogP contribution in [0.25, 0.3) is 5.65 Å². The summed E-state index contributed by atoms with van der Waals surface area (Å²) < 4.78 is 1.68. The Morgan fingerprint density at radius 3 is 3.07 bits per heavy atom. The molecule has 0 unspecified atom stereocenters. The van der Waals surface area contributed by atoms with Crippen LogP contribution in [-0.4, -0.2) is 20.5 Å². The Balaban J connectivity index is 2.66. The van der Waals surface area contributed by atoms with Crippen molar-refractivity contribution < 1.29 is 9.90 Å². The second kappa shape index (κ2) is 2.89. The van der Waals surface area contributed by atoms with Gasteiger partial charge in [-0.3, -0.25) is 0 Å². The number of pyridine rings is 1. The molecule has 68 valence electrons. The molecular weight excluding hydrogens is 180 g/mol. The Hall–Kier alpha value is -2.28. The van der Waals surface area contributed by atoms with Gasteiger partial charge in [0, 0.05) is 12.4 Å². The fourth-order valence-electron chi connectivity index (χ4n) is 1.18. The number of carboxylic acid groups (broad SMARTS) is 1. The van der Waals surface area contributed by atoms with Crippen LogP contribution in [-0.2, 0) is 0 Å². The maximum Gasteiger partial charge on any atom is 0.335 e. The van der Waals surface area contributed by atoms with Gasteiger partial charge in [-0.05, 0) is 18.1 Å². The van der Waals surface area contributed by atoms with E-state index in [1.807, 2.05) is 0 Å². The number of rotatable bonds is 1. The number of imidazole rings is 1. The average molecular weight is 186 g/mol. The van der Waals surface area contributed by atoms with Crippen LogP contribution in [0.3, 0.4) is 0 Å². The molecule has 14 heavy (non-hydrogen) atoms. The van der Waals surface area contributed by atoms with Crippen LogP contribution in [0.5, 0.6) is 0 Å². The number of nitrogens with zero attached hydrogens (tertiary/aromatic N) is 2. The first-order chi connectivity index (χ1) is 6.70. The lowest BCUT2D eigenvalue weighted by Gasteiger charge is -1.94. The number of fused-ring (bicyclic) bond motifs is 1. The minimum atomic E-state index is -0.974. The van der Waals surface area contributed by atoms with Gasteiger partial charge >= 0.3 is 5.97 Å². The number of hydrogen-bond acceptors (Lipinski definition) is 2. The standard InChI is InChI=1S/C10H6N2O2/c1-2-8-6-12-4-3-7(10(13)14)5-9(12)11-8/h1,3-6H,(H,13,14). The predicted octanol–water partition coefficient (Wildman–Crippen LogP) is 1.01. The minimum Gasteiger partial charge on any atom is -0.478 e. The monoisotopic (exact) mass is 186 g/mol. The van der Waals surface area contributed by atoms with Crippen LogP contribution < -0.4 is 0 Å². The van der Waals surface area contributed by atoms with Gasteiger partial charge in [0.2, 0.25) is 0 Å². The number of carboxylic acids is 1. The van der Waals surface area contributed by atoms with Crippen molar-refractivity contribution in [3.05, 3.63) is 35.8 Å². The highest BCUT2D eigenvalue weighted by Crippen LogP contribution is 2.07. The van der Waals surface area contributed by atoms with Gasteiger partial charge in [-0.25, -0.2) is 9.78 Å². The van der Waals surface area contributed by atoms with Crippen LogP contribution in [0.1, 0.15) is 16.1 Å². The van der Waals surface area contributed by atoms with Gasteiger partial charge in [0.1, 0.15) is 11.3 Å². The summed E-state index contributed by atoms with van der Waals surface area (Å²) in [6, 6.07) is 2.97. The summed E-state index contributed by atoms with van der Waals surface area (Å²) in [7, 11) is 0. The Morgan fingerprint density at radius 1 is 1.64 bits per heavy atom. The van der Waals surface area contributed by atoms with Crippen LogP contribution in [0.15, 0.2) is 24.5 Å². The normalized spacial score (nSPS) is 9.93. The lowest BCUT2D eigenvalue weighted by molar-refractivity contribution is 0.0697. The second-order valence-corrected chi connectivity index (χ2v) is 2.76. The summed E-state index contributed by atoms with van der Waals surface area (Å²) >= 11 is 0. The Morgan fingerprint density at radius 2 is 2.43 bits per heavy atom. The van der Waals surface area contributed by atoms with Gasteiger partial charge in [-0.2, -0.15) is 0 Å². The molecule has 0 aromatic carbocycles. The van der Waals surface area contributed by atoms with E-state index in [1.165, 1.54) is 12.1 Å². The fraction of sp³-hybridized carbons (Fsp3) is 0. The van der Waals surface area contributed by atoms with E-state index in [-0.39, 0.29) is 5.56 Å². The molecule has 0 aliphatic rings. The number of terminal acetylenes is 1. The highest BCUT2D eigenvalue weighted by atomic mass is 16.4.